The summed E-state index contributed by atoms with van der Waals surface area (Å²) in [6.07, 6.45) is 1.11. The first-order chi connectivity index (χ1) is 10.5. The highest BCUT2D eigenvalue weighted by Gasteiger charge is 2.35. The van der Waals surface area contributed by atoms with E-state index in [4.69, 9.17) is 4.74 Å². The maximum absolute atomic E-state index is 14.7. The van der Waals surface area contributed by atoms with E-state index in [1.54, 1.807) is 0 Å². The number of hydrogen-bond donors (Lipinski definition) is 1. The Kier molecular flexibility index (Phi) is 3.72. The number of hydrogen-bond acceptors (Lipinski definition) is 4. The molecule has 2 fully saturated rings. The quantitative estimate of drug-likeness (QED) is 0.864. The SMILES string of the molecule is COc1c(N2CCC2)cc(F)c([C@@H]2CCC(=O)NC2=O)c1F. The van der Waals surface area contributed by atoms with Gasteiger partial charge in [0.2, 0.25) is 11.8 Å². The maximum atomic E-state index is 14.7. The molecule has 2 aliphatic rings. The molecule has 1 N–H and O–H groups in total. The Morgan fingerprint density at radius 1 is 1.32 bits per heavy atom. The molecule has 1 aromatic rings. The molecule has 1 atom stereocenters. The molecule has 118 valence electrons. The second kappa shape index (κ2) is 5.55. The van der Waals surface area contributed by atoms with Crippen LogP contribution >= 0.6 is 0 Å². The fourth-order valence-electron chi connectivity index (χ4n) is 2.88. The topological polar surface area (TPSA) is 58.6 Å². The lowest BCUT2D eigenvalue weighted by Crippen LogP contribution is -2.40. The molecule has 3 rings (SSSR count). The lowest BCUT2D eigenvalue weighted by molar-refractivity contribution is -0.134. The molecule has 0 saturated carbocycles. The normalized spacial score (nSPS) is 21.4. The van der Waals surface area contributed by atoms with Crippen molar-refractivity contribution >= 4 is 17.5 Å². The summed E-state index contributed by atoms with van der Waals surface area (Å²) in [5.41, 5.74) is 0.0333. The molecule has 1 aromatic carbocycles. The summed E-state index contributed by atoms with van der Waals surface area (Å²) in [5.74, 6) is -3.81. The van der Waals surface area contributed by atoms with Gasteiger partial charge >= 0.3 is 0 Å². The standard InChI is InChI=1S/C15H16F2N2O3/c1-22-14-10(19-5-2-6-19)7-9(16)12(13(14)17)8-3-4-11(20)18-15(8)21/h7-8H,2-6H2,1H3,(H,18,20,21)/t8-/m0/s1. The minimum Gasteiger partial charge on any atom is -0.492 e. The van der Waals surface area contributed by atoms with Gasteiger partial charge in [-0.2, -0.15) is 0 Å². The van der Waals surface area contributed by atoms with Crippen molar-refractivity contribution in [1.29, 1.82) is 0 Å². The molecule has 5 nitrogen and oxygen atoms in total. The van der Waals surface area contributed by atoms with Gasteiger partial charge in [-0.25, -0.2) is 8.78 Å². The lowest BCUT2D eigenvalue weighted by Gasteiger charge is -2.35. The largest absolute Gasteiger partial charge is 0.492 e. The molecule has 2 amide bonds. The predicted octanol–water partition coefficient (Wildman–Crippen LogP) is 1.70. The molecule has 22 heavy (non-hydrogen) atoms. The van der Waals surface area contributed by atoms with E-state index in [0.29, 0.717) is 18.8 Å². The van der Waals surface area contributed by atoms with E-state index in [9.17, 15) is 18.4 Å². The number of imide groups is 1. The van der Waals surface area contributed by atoms with Crippen molar-refractivity contribution in [3.8, 4) is 5.75 Å². The van der Waals surface area contributed by atoms with E-state index >= 15 is 0 Å². The predicted molar refractivity (Wildman–Crippen MR) is 74.9 cm³/mol. The summed E-state index contributed by atoms with van der Waals surface area (Å²) in [6.45, 7) is 1.43. The number of rotatable bonds is 3. The summed E-state index contributed by atoms with van der Waals surface area (Å²) in [4.78, 5) is 24.9. The maximum Gasteiger partial charge on any atom is 0.234 e. The van der Waals surface area contributed by atoms with E-state index < -0.39 is 29.4 Å². The van der Waals surface area contributed by atoms with Crippen LogP contribution in [0.15, 0.2) is 6.07 Å². The van der Waals surface area contributed by atoms with Gasteiger partial charge in [0, 0.05) is 31.1 Å². The van der Waals surface area contributed by atoms with Gasteiger partial charge in [0.15, 0.2) is 11.6 Å². The van der Waals surface area contributed by atoms with Gasteiger partial charge in [0.05, 0.1) is 18.7 Å². The van der Waals surface area contributed by atoms with E-state index in [0.717, 1.165) is 6.42 Å². The summed E-state index contributed by atoms with van der Waals surface area (Å²) in [5, 5.41) is 2.12. The fourth-order valence-corrected chi connectivity index (χ4v) is 2.88. The van der Waals surface area contributed by atoms with Crippen LogP contribution in [-0.4, -0.2) is 32.0 Å². The van der Waals surface area contributed by atoms with Crippen LogP contribution in [0.1, 0.15) is 30.7 Å². The van der Waals surface area contributed by atoms with Crippen molar-refractivity contribution < 1.29 is 23.1 Å². The molecule has 0 aromatic heterocycles. The molecular formula is C15H16F2N2O3. The number of nitrogens with zero attached hydrogens (tertiary/aromatic N) is 1. The molecule has 2 aliphatic heterocycles. The van der Waals surface area contributed by atoms with Gasteiger partial charge < -0.3 is 9.64 Å². The minimum absolute atomic E-state index is 0.0548. The van der Waals surface area contributed by atoms with E-state index in [-0.39, 0.29) is 24.2 Å². The van der Waals surface area contributed by atoms with Crippen molar-refractivity contribution in [3.05, 3.63) is 23.3 Å². The lowest BCUT2D eigenvalue weighted by atomic mass is 9.89. The Labute approximate surface area is 126 Å². The number of carbonyl (C=O) groups is 2. The molecule has 0 unspecified atom stereocenters. The Morgan fingerprint density at radius 3 is 2.59 bits per heavy atom. The second-order valence-electron chi connectivity index (χ2n) is 5.48. The average Bonchev–Trinajstić information content (AvgIpc) is 2.39. The fraction of sp³-hybridized carbons (Fsp3) is 0.467. The van der Waals surface area contributed by atoms with Crippen LogP contribution in [0.3, 0.4) is 0 Å². The summed E-state index contributed by atoms with van der Waals surface area (Å²) >= 11 is 0. The number of benzene rings is 1. The molecule has 0 radical (unpaired) electrons. The van der Waals surface area contributed by atoms with Crippen molar-refractivity contribution in [2.75, 3.05) is 25.1 Å². The zero-order valence-corrected chi connectivity index (χ0v) is 12.1. The molecule has 2 saturated heterocycles. The highest BCUT2D eigenvalue weighted by Crippen LogP contribution is 2.40. The third-order valence-electron chi connectivity index (χ3n) is 4.18. The first-order valence-electron chi connectivity index (χ1n) is 7.17. The van der Waals surface area contributed by atoms with Gasteiger partial charge in [-0.15, -0.1) is 0 Å². The third-order valence-corrected chi connectivity index (χ3v) is 4.18. The van der Waals surface area contributed by atoms with Crippen LogP contribution in [0, 0.1) is 11.6 Å². The summed E-state index contributed by atoms with van der Waals surface area (Å²) in [6, 6.07) is 1.21. The van der Waals surface area contributed by atoms with E-state index in [1.165, 1.54) is 13.2 Å². The van der Waals surface area contributed by atoms with Crippen LogP contribution < -0.4 is 15.0 Å². The van der Waals surface area contributed by atoms with Gasteiger partial charge in [-0.3, -0.25) is 14.9 Å². The summed E-state index contributed by atoms with van der Waals surface area (Å²) in [7, 11) is 1.31. The average molecular weight is 310 g/mol. The van der Waals surface area contributed by atoms with E-state index in [1.807, 2.05) is 4.90 Å². The molecule has 0 aliphatic carbocycles. The van der Waals surface area contributed by atoms with Gasteiger partial charge in [-0.05, 0) is 12.8 Å². The first kappa shape index (κ1) is 14.7. The van der Waals surface area contributed by atoms with Crippen LogP contribution in [0.5, 0.6) is 5.75 Å². The monoisotopic (exact) mass is 310 g/mol. The van der Waals surface area contributed by atoms with Gasteiger partial charge in [-0.1, -0.05) is 0 Å². The van der Waals surface area contributed by atoms with Gasteiger partial charge in [0.1, 0.15) is 5.82 Å². The van der Waals surface area contributed by atoms with Crippen molar-refractivity contribution in [2.24, 2.45) is 0 Å². The Hall–Kier alpha value is -2.18. The highest BCUT2D eigenvalue weighted by atomic mass is 19.1. The number of carbonyl (C=O) groups excluding carboxylic acids is 2. The molecule has 7 heteroatoms. The second-order valence-corrected chi connectivity index (χ2v) is 5.48. The highest BCUT2D eigenvalue weighted by molar-refractivity contribution is 6.01. The van der Waals surface area contributed by atoms with Crippen LogP contribution in [0.2, 0.25) is 0 Å². The smallest absolute Gasteiger partial charge is 0.234 e. The number of nitrogens with one attached hydrogen (secondary N) is 1. The third kappa shape index (κ3) is 2.30. The number of halogens is 2. The minimum atomic E-state index is -1.02. The number of anilines is 1. The summed E-state index contributed by atoms with van der Waals surface area (Å²) < 4.78 is 34.2. The molecule has 2 heterocycles. The number of amides is 2. The van der Waals surface area contributed by atoms with Crippen molar-refractivity contribution in [2.45, 2.75) is 25.2 Å². The molecule has 0 bridgehead atoms. The van der Waals surface area contributed by atoms with Crippen molar-refractivity contribution in [3.63, 3.8) is 0 Å². The number of ether oxygens (including phenoxy) is 1. The first-order valence-corrected chi connectivity index (χ1v) is 7.17. The Morgan fingerprint density at radius 2 is 2.05 bits per heavy atom. The van der Waals surface area contributed by atoms with Gasteiger partial charge in [0.25, 0.3) is 0 Å². The number of methoxy groups -OCH3 is 1. The van der Waals surface area contributed by atoms with Crippen LogP contribution in [0.4, 0.5) is 14.5 Å². The zero-order valence-electron chi connectivity index (χ0n) is 12.1. The van der Waals surface area contributed by atoms with E-state index in [2.05, 4.69) is 5.32 Å². The Bertz CT molecular complexity index is 644. The van der Waals surface area contributed by atoms with Crippen LogP contribution in [0.25, 0.3) is 0 Å². The molecular weight excluding hydrogens is 294 g/mol. The zero-order chi connectivity index (χ0) is 15.9. The number of piperidine rings is 1. The van der Waals surface area contributed by atoms with Crippen molar-refractivity contribution in [1.82, 2.24) is 5.32 Å². The molecule has 0 spiro atoms. The Balaban J connectivity index is 2.04. The van der Waals surface area contributed by atoms with Crippen LogP contribution in [-0.2, 0) is 9.59 Å².